The fourth-order valence-corrected chi connectivity index (χ4v) is 5.08. The van der Waals surface area contributed by atoms with Crippen molar-refractivity contribution < 1.29 is 9.13 Å². The number of hydrogen-bond donors (Lipinski definition) is 2. The number of aromatic nitrogens is 4. The summed E-state index contributed by atoms with van der Waals surface area (Å²) in [5.41, 5.74) is 2.72. The summed E-state index contributed by atoms with van der Waals surface area (Å²) in [4.78, 5) is 6.89. The van der Waals surface area contributed by atoms with E-state index in [0.717, 1.165) is 25.9 Å². The summed E-state index contributed by atoms with van der Waals surface area (Å²) >= 11 is 0. The Hall–Kier alpha value is -3.14. The van der Waals surface area contributed by atoms with Gasteiger partial charge in [-0.3, -0.25) is 0 Å². The minimum Gasteiger partial charge on any atom is -0.248 e. The van der Waals surface area contributed by atoms with E-state index >= 15 is 0 Å². The van der Waals surface area contributed by atoms with Crippen LogP contribution >= 0.6 is 0 Å². The normalized spacial score (nSPS) is 11.2. The molecule has 0 radical (unpaired) electrons. The first-order valence-corrected chi connectivity index (χ1v) is 14.1. The second-order valence-corrected chi connectivity index (χ2v) is 10.1. The van der Waals surface area contributed by atoms with Crippen molar-refractivity contribution in [3.05, 3.63) is 108 Å². The molecule has 0 spiro atoms. The molecule has 0 unspecified atom stereocenters. The Balaban J connectivity index is 0.987. The minimum atomic E-state index is 0.957. The van der Waals surface area contributed by atoms with E-state index in [2.05, 4.69) is 105 Å². The Bertz CT molecular complexity index is 1010. The Morgan fingerprint density at radius 3 is 1.19 bits per heavy atom. The summed E-state index contributed by atoms with van der Waals surface area (Å²) in [6, 6.07) is 21.4. The number of aryl methyl sites for hydroxylation is 2. The zero-order chi connectivity index (χ0) is 24.7. The van der Waals surface area contributed by atoms with Crippen LogP contribution in [0.3, 0.4) is 0 Å². The summed E-state index contributed by atoms with van der Waals surface area (Å²) in [5.74, 6) is 2.70. The van der Waals surface area contributed by atoms with Crippen LogP contribution in [0.5, 0.6) is 0 Å². The summed E-state index contributed by atoms with van der Waals surface area (Å²) in [5, 5.41) is 0. The SMILES string of the molecule is c1ccc(C[n+]2cc[nH]c2CCCCCCCCCCCCc2[nH]cc[n+]2Cc2ccccc2)cc1. The average Bonchev–Trinajstić information content (AvgIpc) is 3.55. The van der Waals surface area contributed by atoms with Gasteiger partial charge in [-0.2, -0.15) is 0 Å². The number of benzene rings is 2. The molecule has 4 rings (SSSR count). The van der Waals surface area contributed by atoms with Gasteiger partial charge >= 0.3 is 0 Å². The summed E-state index contributed by atoms with van der Waals surface area (Å²) < 4.78 is 4.71. The molecule has 0 bridgehead atoms. The molecular formula is C32H44N4+2. The van der Waals surface area contributed by atoms with Gasteiger partial charge in [0.05, 0.1) is 0 Å². The van der Waals surface area contributed by atoms with Gasteiger partial charge < -0.3 is 0 Å². The second-order valence-electron chi connectivity index (χ2n) is 10.1. The van der Waals surface area contributed by atoms with E-state index in [-0.39, 0.29) is 0 Å². The highest BCUT2D eigenvalue weighted by atomic mass is 15.1. The molecule has 2 heterocycles. The number of H-pyrrole nitrogens is 2. The van der Waals surface area contributed by atoms with Crippen LogP contribution in [0.4, 0.5) is 0 Å². The highest BCUT2D eigenvalue weighted by Gasteiger charge is 2.11. The fraction of sp³-hybridized carbons (Fsp3) is 0.438. The number of nitrogens with one attached hydrogen (secondary N) is 2. The lowest BCUT2D eigenvalue weighted by Crippen LogP contribution is -2.36. The molecule has 2 N–H and O–H groups in total. The quantitative estimate of drug-likeness (QED) is 0.124. The van der Waals surface area contributed by atoms with Crippen LogP contribution in [0.15, 0.2) is 85.5 Å². The number of aromatic amines is 2. The Morgan fingerprint density at radius 1 is 0.444 bits per heavy atom. The van der Waals surface area contributed by atoms with Crippen molar-refractivity contribution in [3.63, 3.8) is 0 Å². The second kappa shape index (κ2) is 15.1. The van der Waals surface area contributed by atoms with Gasteiger partial charge in [0.25, 0.3) is 11.6 Å². The van der Waals surface area contributed by atoms with Crippen LogP contribution in [0.1, 0.15) is 87.0 Å². The molecule has 0 saturated carbocycles. The monoisotopic (exact) mass is 484 g/mol. The van der Waals surface area contributed by atoms with Crippen LogP contribution in [-0.2, 0) is 25.9 Å². The number of rotatable bonds is 17. The van der Waals surface area contributed by atoms with E-state index in [9.17, 15) is 0 Å². The lowest BCUT2D eigenvalue weighted by molar-refractivity contribution is -0.694. The predicted molar refractivity (Wildman–Crippen MR) is 147 cm³/mol. The first-order valence-electron chi connectivity index (χ1n) is 14.1. The van der Waals surface area contributed by atoms with E-state index in [4.69, 9.17) is 0 Å². The number of hydrogen-bond acceptors (Lipinski definition) is 0. The average molecular weight is 485 g/mol. The summed E-state index contributed by atoms with van der Waals surface area (Å²) in [7, 11) is 0. The molecular weight excluding hydrogens is 440 g/mol. The fourth-order valence-electron chi connectivity index (χ4n) is 5.08. The third kappa shape index (κ3) is 8.82. The lowest BCUT2D eigenvalue weighted by atomic mass is 10.0. The van der Waals surface area contributed by atoms with Crippen molar-refractivity contribution in [3.8, 4) is 0 Å². The molecule has 4 nitrogen and oxygen atoms in total. The van der Waals surface area contributed by atoms with E-state index in [1.54, 1.807) is 0 Å². The molecule has 0 atom stereocenters. The van der Waals surface area contributed by atoms with E-state index < -0.39 is 0 Å². The van der Waals surface area contributed by atoms with Crippen molar-refractivity contribution >= 4 is 0 Å². The Morgan fingerprint density at radius 2 is 0.806 bits per heavy atom. The smallest absolute Gasteiger partial charge is 0.248 e. The van der Waals surface area contributed by atoms with Crippen LogP contribution in [-0.4, -0.2) is 9.97 Å². The number of imidazole rings is 2. The van der Waals surface area contributed by atoms with Gasteiger partial charge in [-0.15, -0.1) is 0 Å². The minimum absolute atomic E-state index is 0.957. The van der Waals surface area contributed by atoms with Crippen molar-refractivity contribution in [1.29, 1.82) is 0 Å². The van der Waals surface area contributed by atoms with Gasteiger partial charge in [-0.05, 0) is 24.0 Å². The van der Waals surface area contributed by atoms with Crippen LogP contribution in [0.2, 0.25) is 0 Å². The Labute approximate surface area is 217 Å². The van der Waals surface area contributed by atoms with Crippen molar-refractivity contribution in [2.24, 2.45) is 0 Å². The number of unbranched alkanes of at least 4 members (excludes halogenated alkanes) is 9. The van der Waals surface area contributed by atoms with Crippen molar-refractivity contribution in [2.45, 2.75) is 90.1 Å². The molecule has 0 aliphatic carbocycles. The van der Waals surface area contributed by atoms with Gasteiger partial charge in [-0.25, -0.2) is 19.1 Å². The molecule has 36 heavy (non-hydrogen) atoms. The molecule has 2 aromatic heterocycles. The zero-order valence-electron chi connectivity index (χ0n) is 21.9. The van der Waals surface area contributed by atoms with E-state index in [0.29, 0.717) is 0 Å². The molecule has 2 aromatic carbocycles. The largest absolute Gasteiger partial charge is 0.254 e. The standard InChI is InChI=1S/C32H42N4/c1(3-5-7-15-21-31-33-23-25-35(31)27-29-17-11-9-12-18-29)2-4-6-8-16-22-32-34-24-26-36(32)28-30-19-13-10-14-20-30/h9-14,17-20,23-26H,1-8,15-16,21-22,27-28H2/p+2. The van der Waals surface area contributed by atoms with Gasteiger partial charge in [0.15, 0.2) is 0 Å². The molecule has 190 valence electrons. The van der Waals surface area contributed by atoms with Gasteiger partial charge in [-0.1, -0.05) is 112 Å². The lowest BCUT2D eigenvalue weighted by Gasteiger charge is -2.04. The first kappa shape index (κ1) is 25.9. The molecule has 0 fully saturated rings. The maximum Gasteiger partial charge on any atom is 0.254 e. The number of nitrogens with zero attached hydrogens (tertiary/aromatic N) is 2. The third-order valence-electron chi connectivity index (χ3n) is 7.17. The predicted octanol–water partition coefficient (Wildman–Crippen LogP) is 6.70. The zero-order valence-corrected chi connectivity index (χ0v) is 21.9. The highest BCUT2D eigenvalue weighted by molar-refractivity contribution is 5.14. The van der Waals surface area contributed by atoms with Crippen molar-refractivity contribution in [1.82, 2.24) is 9.97 Å². The third-order valence-corrected chi connectivity index (χ3v) is 7.17. The molecule has 0 aliphatic rings. The summed E-state index contributed by atoms with van der Waals surface area (Å²) in [6.45, 7) is 1.91. The van der Waals surface area contributed by atoms with Crippen LogP contribution < -0.4 is 9.13 Å². The molecule has 4 aromatic rings. The maximum absolute atomic E-state index is 3.44. The van der Waals surface area contributed by atoms with Crippen LogP contribution in [0, 0.1) is 0 Å². The van der Waals surface area contributed by atoms with Gasteiger partial charge in [0.2, 0.25) is 0 Å². The molecule has 0 amide bonds. The maximum atomic E-state index is 3.44. The van der Waals surface area contributed by atoms with Gasteiger partial charge in [0.1, 0.15) is 37.9 Å². The Kier molecular flexibility index (Phi) is 10.9. The molecule has 0 saturated heterocycles. The topological polar surface area (TPSA) is 39.3 Å². The highest BCUT2D eigenvalue weighted by Crippen LogP contribution is 2.12. The van der Waals surface area contributed by atoms with Crippen LogP contribution in [0.25, 0.3) is 0 Å². The van der Waals surface area contributed by atoms with E-state index in [1.807, 2.05) is 0 Å². The van der Waals surface area contributed by atoms with Crippen molar-refractivity contribution in [2.75, 3.05) is 0 Å². The van der Waals surface area contributed by atoms with Gasteiger partial charge in [0, 0.05) is 12.8 Å². The first-order chi connectivity index (χ1) is 17.9. The molecule has 0 aliphatic heterocycles. The molecule has 4 heteroatoms. The summed E-state index contributed by atoms with van der Waals surface area (Å²) in [6.07, 6.45) is 24.3. The van der Waals surface area contributed by atoms with E-state index in [1.165, 1.54) is 87.0 Å².